The monoisotopic (exact) mass is 224 g/mol. The molecular formula is C11H16N2O3. The maximum Gasteiger partial charge on any atom is 0.339 e. The van der Waals surface area contributed by atoms with E-state index in [2.05, 4.69) is 12.0 Å². The number of rotatable bonds is 3. The van der Waals surface area contributed by atoms with Crippen molar-refractivity contribution in [3.05, 3.63) is 17.5 Å². The zero-order valence-corrected chi connectivity index (χ0v) is 9.51. The molecule has 1 saturated heterocycles. The molecule has 0 aromatic carbocycles. The van der Waals surface area contributed by atoms with E-state index in [4.69, 9.17) is 9.84 Å². The highest BCUT2D eigenvalue weighted by atomic mass is 16.5. The second-order valence-corrected chi connectivity index (χ2v) is 4.30. The van der Waals surface area contributed by atoms with Crippen LogP contribution in [0.4, 0.5) is 0 Å². The Balaban J connectivity index is 2.05. The molecule has 0 amide bonds. The standard InChI is InChI=1S/C11H16N2O3/c1-7-3-4-9(16-7)5-13-6-10(11(14)15)8(2)12-13/h6-7,9H,3-5H2,1-2H3,(H,14,15). The Bertz CT molecular complexity index is 400. The SMILES string of the molecule is Cc1nn(CC2CCC(C)O2)cc1C(=O)O. The van der Waals surface area contributed by atoms with Gasteiger partial charge in [0.15, 0.2) is 0 Å². The minimum atomic E-state index is -0.926. The molecule has 0 aliphatic carbocycles. The molecule has 2 atom stereocenters. The van der Waals surface area contributed by atoms with Gasteiger partial charge in [-0.15, -0.1) is 0 Å². The van der Waals surface area contributed by atoms with Gasteiger partial charge < -0.3 is 9.84 Å². The number of carboxylic acids is 1. The smallest absolute Gasteiger partial charge is 0.339 e. The topological polar surface area (TPSA) is 64.4 Å². The molecule has 5 nitrogen and oxygen atoms in total. The van der Waals surface area contributed by atoms with E-state index in [0.717, 1.165) is 12.8 Å². The zero-order valence-electron chi connectivity index (χ0n) is 9.51. The molecule has 5 heteroatoms. The third-order valence-corrected chi connectivity index (χ3v) is 2.89. The van der Waals surface area contributed by atoms with Crippen molar-refractivity contribution in [3.8, 4) is 0 Å². The molecule has 0 bridgehead atoms. The van der Waals surface area contributed by atoms with Crippen LogP contribution in [-0.4, -0.2) is 33.1 Å². The first-order valence-electron chi connectivity index (χ1n) is 5.49. The number of aromatic carboxylic acids is 1. The van der Waals surface area contributed by atoms with E-state index in [1.807, 2.05) is 0 Å². The first-order chi connectivity index (χ1) is 7.56. The highest BCUT2D eigenvalue weighted by molar-refractivity contribution is 5.88. The second kappa shape index (κ2) is 4.25. The van der Waals surface area contributed by atoms with Crippen molar-refractivity contribution < 1.29 is 14.6 Å². The van der Waals surface area contributed by atoms with Gasteiger partial charge in [0.1, 0.15) is 5.56 Å². The van der Waals surface area contributed by atoms with Crippen molar-refractivity contribution in [1.29, 1.82) is 0 Å². The summed E-state index contributed by atoms with van der Waals surface area (Å²) in [6, 6.07) is 0. The van der Waals surface area contributed by atoms with Crippen LogP contribution in [0.15, 0.2) is 6.20 Å². The molecular weight excluding hydrogens is 208 g/mol. The molecule has 1 aromatic heterocycles. The summed E-state index contributed by atoms with van der Waals surface area (Å²) in [6.45, 7) is 4.40. The van der Waals surface area contributed by atoms with Crippen LogP contribution in [0.1, 0.15) is 35.8 Å². The first-order valence-corrected chi connectivity index (χ1v) is 5.49. The maximum absolute atomic E-state index is 10.8. The van der Waals surface area contributed by atoms with Gasteiger partial charge in [-0.3, -0.25) is 4.68 Å². The van der Waals surface area contributed by atoms with Gasteiger partial charge in [0.2, 0.25) is 0 Å². The Hall–Kier alpha value is -1.36. The lowest BCUT2D eigenvalue weighted by Gasteiger charge is -2.10. The molecule has 1 aliphatic heterocycles. The van der Waals surface area contributed by atoms with Crippen molar-refractivity contribution >= 4 is 5.97 Å². The molecule has 1 fully saturated rings. The van der Waals surface area contributed by atoms with Crippen molar-refractivity contribution in [3.63, 3.8) is 0 Å². The summed E-state index contributed by atoms with van der Waals surface area (Å²) in [7, 11) is 0. The van der Waals surface area contributed by atoms with Gasteiger partial charge in [-0.1, -0.05) is 0 Å². The molecule has 88 valence electrons. The molecule has 2 heterocycles. The lowest BCUT2D eigenvalue weighted by molar-refractivity contribution is 0.0436. The highest BCUT2D eigenvalue weighted by Crippen LogP contribution is 2.20. The van der Waals surface area contributed by atoms with E-state index in [1.54, 1.807) is 17.8 Å². The normalized spacial score (nSPS) is 24.9. The summed E-state index contributed by atoms with van der Waals surface area (Å²) in [6.07, 6.45) is 4.12. The van der Waals surface area contributed by atoms with Crippen LogP contribution >= 0.6 is 0 Å². The number of carboxylic acid groups (broad SMARTS) is 1. The maximum atomic E-state index is 10.8. The van der Waals surface area contributed by atoms with E-state index >= 15 is 0 Å². The Morgan fingerprint density at radius 2 is 2.44 bits per heavy atom. The van der Waals surface area contributed by atoms with Crippen LogP contribution in [0.3, 0.4) is 0 Å². The number of hydrogen-bond donors (Lipinski definition) is 1. The van der Waals surface area contributed by atoms with Crippen molar-refractivity contribution in [2.24, 2.45) is 0 Å². The van der Waals surface area contributed by atoms with E-state index in [1.165, 1.54) is 0 Å². The molecule has 1 N–H and O–H groups in total. The third-order valence-electron chi connectivity index (χ3n) is 2.89. The predicted octanol–water partition coefficient (Wildman–Crippen LogP) is 1.46. The first kappa shape index (κ1) is 11.1. The third kappa shape index (κ3) is 2.24. The molecule has 0 saturated carbocycles. The fraction of sp³-hybridized carbons (Fsp3) is 0.636. The van der Waals surface area contributed by atoms with Gasteiger partial charge in [0.05, 0.1) is 24.4 Å². The summed E-state index contributed by atoms with van der Waals surface area (Å²) < 4.78 is 7.33. The number of aryl methyl sites for hydroxylation is 1. The summed E-state index contributed by atoms with van der Waals surface area (Å²) in [5.41, 5.74) is 0.824. The molecule has 1 aromatic rings. The van der Waals surface area contributed by atoms with Crippen LogP contribution in [0.25, 0.3) is 0 Å². The summed E-state index contributed by atoms with van der Waals surface area (Å²) in [5.74, 6) is -0.926. The van der Waals surface area contributed by atoms with Crippen molar-refractivity contribution in [2.75, 3.05) is 0 Å². The van der Waals surface area contributed by atoms with E-state index in [-0.39, 0.29) is 11.7 Å². The van der Waals surface area contributed by atoms with Crippen LogP contribution < -0.4 is 0 Å². The highest BCUT2D eigenvalue weighted by Gasteiger charge is 2.23. The van der Waals surface area contributed by atoms with Crippen molar-refractivity contribution in [1.82, 2.24) is 9.78 Å². The fourth-order valence-corrected chi connectivity index (χ4v) is 2.05. The van der Waals surface area contributed by atoms with Crippen LogP contribution in [0.2, 0.25) is 0 Å². The van der Waals surface area contributed by atoms with Gasteiger partial charge in [-0.25, -0.2) is 4.79 Å². The number of aromatic nitrogens is 2. The largest absolute Gasteiger partial charge is 0.478 e. The average Bonchev–Trinajstić information content (AvgIpc) is 2.73. The fourth-order valence-electron chi connectivity index (χ4n) is 2.05. The molecule has 0 radical (unpaired) electrons. The number of ether oxygens (including phenoxy) is 1. The summed E-state index contributed by atoms with van der Waals surface area (Å²) >= 11 is 0. The van der Waals surface area contributed by atoms with Gasteiger partial charge in [0, 0.05) is 6.20 Å². The van der Waals surface area contributed by atoms with Crippen molar-refractivity contribution in [2.45, 2.75) is 45.4 Å². The van der Waals surface area contributed by atoms with Gasteiger partial charge in [-0.05, 0) is 26.7 Å². The lowest BCUT2D eigenvalue weighted by atomic mass is 10.2. The second-order valence-electron chi connectivity index (χ2n) is 4.30. The zero-order chi connectivity index (χ0) is 11.7. The number of hydrogen-bond acceptors (Lipinski definition) is 3. The van der Waals surface area contributed by atoms with Gasteiger partial charge in [0.25, 0.3) is 0 Å². The van der Waals surface area contributed by atoms with Crippen LogP contribution in [0, 0.1) is 6.92 Å². The van der Waals surface area contributed by atoms with Gasteiger partial charge >= 0.3 is 5.97 Å². The summed E-state index contributed by atoms with van der Waals surface area (Å²) in [4.78, 5) is 10.8. The van der Waals surface area contributed by atoms with Crippen LogP contribution in [0.5, 0.6) is 0 Å². The Morgan fingerprint density at radius 1 is 1.69 bits per heavy atom. The summed E-state index contributed by atoms with van der Waals surface area (Å²) in [5, 5.41) is 13.1. The van der Waals surface area contributed by atoms with E-state index in [0.29, 0.717) is 18.3 Å². The lowest BCUT2D eigenvalue weighted by Crippen LogP contribution is -2.16. The Kier molecular flexibility index (Phi) is 2.96. The Morgan fingerprint density at radius 3 is 2.94 bits per heavy atom. The molecule has 2 rings (SSSR count). The quantitative estimate of drug-likeness (QED) is 0.844. The molecule has 2 unspecified atom stereocenters. The van der Waals surface area contributed by atoms with Gasteiger partial charge in [-0.2, -0.15) is 5.10 Å². The minimum absolute atomic E-state index is 0.163. The molecule has 16 heavy (non-hydrogen) atoms. The number of nitrogens with zero attached hydrogens (tertiary/aromatic N) is 2. The molecule has 0 spiro atoms. The predicted molar refractivity (Wildman–Crippen MR) is 57.5 cm³/mol. The van der Waals surface area contributed by atoms with Crippen LogP contribution in [-0.2, 0) is 11.3 Å². The van der Waals surface area contributed by atoms with E-state index < -0.39 is 5.97 Å². The van der Waals surface area contributed by atoms with E-state index in [9.17, 15) is 4.79 Å². The number of carbonyl (C=O) groups is 1. The molecule has 1 aliphatic rings. The Labute approximate surface area is 94.0 Å². The average molecular weight is 224 g/mol. The minimum Gasteiger partial charge on any atom is -0.478 e.